The summed E-state index contributed by atoms with van der Waals surface area (Å²) in [6.45, 7) is 1.62. The van der Waals surface area contributed by atoms with Gasteiger partial charge in [0.05, 0.1) is 14.2 Å². The second-order valence-corrected chi connectivity index (χ2v) is 6.20. The van der Waals surface area contributed by atoms with Crippen LogP contribution in [0.4, 0.5) is 5.69 Å². The van der Waals surface area contributed by atoms with E-state index in [4.69, 9.17) is 9.47 Å². The lowest BCUT2D eigenvalue weighted by molar-refractivity contribution is -0.116. The molecular weight excluding hydrogens is 340 g/mol. The smallest absolute Gasteiger partial charge is 0.243 e. The molecule has 0 atom stereocenters. The van der Waals surface area contributed by atoms with Gasteiger partial charge < -0.3 is 19.7 Å². The van der Waals surface area contributed by atoms with Crippen LogP contribution >= 0.6 is 0 Å². The van der Waals surface area contributed by atoms with Crippen molar-refractivity contribution in [3.63, 3.8) is 0 Å². The maximum absolute atomic E-state index is 11.9. The van der Waals surface area contributed by atoms with Gasteiger partial charge in [0.25, 0.3) is 0 Å². The van der Waals surface area contributed by atoms with E-state index in [1.54, 1.807) is 20.3 Å². The van der Waals surface area contributed by atoms with Gasteiger partial charge in [0.2, 0.25) is 5.91 Å². The van der Waals surface area contributed by atoms with Crippen LogP contribution < -0.4 is 19.7 Å². The maximum atomic E-state index is 11.9. The lowest BCUT2D eigenvalue weighted by Gasteiger charge is -2.18. The minimum absolute atomic E-state index is 0.0961. The van der Waals surface area contributed by atoms with Gasteiger partial charge in [-0.25, -0.2) is 0 Å². The average molecular weight is 368 g/mol. The van der Waals surface area contributed by atoms with Gasteiger partial charge in [0.15, 0.2) is 11.5 Å². The van der Waals surface area contributed by atoms with Crippen molar-refractivity contribution in [2.24, 2.45) is 0 Å². The first-order valence-corrected chi connectivity index (χ1v) is 9.08. The predicted octanol–water partition coefficient (Wildman–Crippen LogP) is 3.75. The zero-order valence-electron chi connectivity index (χ0n) is 16.3. The maximum Gasteiger partial charge on any atom is 0.243 e. The number of anilines is 1. The van der Waals surface area contributed by atoms with Crippen LogP contribution in [0.15, 0.2) is 54.6 Å². The van der Waals surface area contributed by atoms with Crippen molar-refractivity contribution in [3.05, 3.63) is 60.2 Å². The lowest BCUT2D eigenvalue weighted by Crippen LogP contribution is -2.24. The number of unbranched alkanes of at least 4 members (excludes halogenated alkanes) is 1. The summed E-state index contributed by atoms with van der Waals surface area (Å²) >= 11 is 0. The fourth-order valence-corrected chi connectivity index (χ4v) is 2.68. The van der Waals surface area contributed by atoms with Crippen molar-refractivity contribution < 1.29 is 14.3 Å². The van der Waals surface area contributed by atoms with E-state index in [2.05, 4.69) is 29.4 Å². The number of carbonyl (C=O) groups is 1. The zero-order valence-corrected chi connectivity index (χ0v) is 16.3. The van der Waals surface area contributed by atoms with Crippen molar-refractivity contribution >= 4 is 17.7 Å². The molecule has 0 saturated carbocycles. The fraction of sp³-hybridized carbons (Fsp3) is 0.318. The molecule has 2 aromatic rings. The average Bonchev–Trinajstić information content (AvgIpc) is 2.72. The number of hydrogen-bond donors (Lipinski definition) is 1. The van der Waals surface area contributed by atoms with Gasteiger partial charge in [-0.2, -0.15) is 0 Å². The highest BCUT2D eigenvalue weighted by atomic mass is 16.5. The van der Waals surface area contributed by atoms with Gasteiger partial charge in [-0.1, -0.05) is 24.3 Å². The standard InChI is InChI=1S/C22H28N2O3/c1-24(19-9-5-4-6-10-19)16-8-7-15-23-22(25)14-12-18-11-13-20(26-2)21(17-18)27-3/h4-6,9-14,17H,7-8,15-16H2,1-3H3,(H,23,25)/b14-12+. The van der Waals surface area contributed by atoms with Crippen molar-refractivity contribution in [1.29, 1.82) is 0 Å². The molecule has 0 aliphatic carbocycles. The third kappa shape index (κ3) is 6.70. The van der Waals surface area contributed by atoms with Crippen LogP contribution in [0, 0.1) is 0 Å². The highest BCUT2D eigenvalue weighted by molar-refractivity contribution is 5.91. The molecule has 0 bridgehead atoms. The molecule has 144 valence electrons. The number of nitrogens with zero attached hydrogens (tertiary/aromatic N) is 1. The molecule has 0 heterocycles. The second-order valence-electron chi connectivity index (χ2n) is 6.20. The van der Waals surface area contributed by atoms with Gasteiger partial charge in [0, 0.05) is 31.9 Å². The van der Waals surface area contributed by atoms with Crippen molar-refractivity contribution in [1.82, 2.24) is 5.32 Å². The number of methoxy groups -OCH3 is 2. The highest BCUT2D eigenvalue weighted by Gasteiger charge is 2.03. The highest BCUT2D eigenvalue weighted by Crippen LogP contribution is 2.27. The second kappa shape index (κ2) is 10.9. The molecule has 0 radical (unpaired) electrons. The summed E-state index contributed by atoms with van der Waals surface area (Å²) < 4.78 is 10.5. The zero-order chi connectivity index (χ0) is 19.5. The molecule has 0 unspecified atom stereocenters. The Morgan fingerprint density at radius 2 is 1.78 bits per heavy atom. The number of hydrogen-bond acceptors (Lipinski definition) is 4. The fourth-order valence-electron chi connectivity index (χ4n) is 2.68. The first-order valence-electron chi connectivity index (χ1n) is 9.08. The first kappa shape index (κ1) is 20.4. The van der Waals surface area contributed by atoms with E-state index in [9.17, 15) is 4.79 Å². The summed E-state index contributed by atoms with van der Waals surface area (Å²) in [5, 5.41) is 2.92. The Morgan fingerprint density at radius 3 is 2.48 bits per heavy atom. The van der Waals surface area contributed by atoms with Gasteiger partial charge in [-0.05, 0) is 48.7 Å². The van der Waals surface area contributed by atoms with E-state index in [1.165, 1.54) is 11.8 Å². The Balaban J connectivity index is 1.69. The van der Waals surface area contributed by atoms with Crippen LogP contribution in [0.2, 0.25) is 0 Å². The molecule has 27 heavy (non-hydrogen) atoms. The molecule has 2 rings (SSSR count). The summed E-state index contributed by atoms with van der Waals surface area (Å²) in [5.74, 6) is 1.21. The van der Waals surface area contributed by atoms with Gasteiger partial charge >= 0.3 is 0 Å². The number of carbonyl (C=O) groups excluding carboxylic acids is 1. The lowest BCUT2D eigenvalue weighted by atomic mass is 10.2. The van der Waals surface area contributed by atoms with E-state index in [0.29, 0.717) is 18.0 Å². The molecule has 0 aliphatic heterocycles. The molecule has 0 aliphatic rings. The van der Waals surface area contributed by atoms with Crippen molar-refractivity contribution in [2.45, 2.75) is 12.8 Å². The molecule has 1 N–H and O–H groups in total. The minimum Gasteiger partial charge on any atom is -0.493 e. The van der Waals surface area contributed by atoms with Crippen LogP contribution in [0.3, 0.4) is 0 Å². The molecule has 0 fully saturated rings. The quantitative estimate of drug-likeness (QED) is 0.513. The van der Waals surface area contributed by atoms with Gasteiger partial charge in [-0.3, -0.25) is 4.79 Å². The third-order valence-corrected chi connectivity index (χ3v) is 4.25. The summed E-state index contributed by atoms with van der Waals surface area (Å²) in [4.78, 5) is 14.2. The molecule has 0 aromatic heterocycles. The number of benzene rings is 2. The molecular formula is C22H28N2O3. The minimum atomic E-state index is -0.0961. The van der Waals surface area contributed by atoms with Crippen LogP contribution in [0.5, 0.6) is 11.5 Å². The molecule has 2 aromatic carbocycles. The number of amides is 1. The summed E-state index contributed by atoms with van der Waals surface area (Å²) in [7, 11) is 5.27. The first-order chi connectivity index (χ1) is 13.1. The Morgan fingerprint density at radius 1 is 1.04 bits per heavy atom. The predicted molar refractivity (Wildman–Crippen MR) is 111 cm³/mol. The number of ether oxygens (including phenoxy) is 2. The van der Waals surface area contributed by atoms with Gasteiger partial charge in [-0.15, -0.1) is 0 Å². The van der Waals surface area contributed by atoms with Crippen LogP contribution in [0.25, 0.3) is 6.08 Å². The van der Waals surface area contributed by atoms with Crippen LogP contribution in [-0.4, -0.2) is 40.3 Å². The number of rotatable bonds is 10. The van der Waals surface area contributed by atoms with Crippen molar-refractivity contribution in [3.8, 4) is 11.5 Å². The van der Waals surface area contributed by atoms with E-state index >= 15 is 0 Å². The summed E-state index contributed by atoms with van der Waals surface area (Å²) in [6, 6.07) is 15.8. The Kier molecular flexibility index (Phi) is 8.23. The van der Waals surface area contributed by atoms with E-state index in [-0.39, 0.29) is 5.91 Å². The van der Waals surface area contributed by atoms with Crippen molar-refractivity contribution in [2.75, 3.05) is 39.3 Å². The SMILES string of the molecule is COc1ccc(/C=C/C(=O)NCCCCN(C)c2ccccc2)cc1OC. The normalized spacial score (nSPS) is 10.6. The molecule has 1 amide bonds. The Bertz CT molecular complexity index is 744. The largest absolute Gasteiger partial charge is 0.493 e. The molecule has 5 heteroatoms. The monoisotopic (exact) mass is 368 g/mol. The van der Waals surface area contributed by atoms with E-state index < -0.39 is 0 Å². The number of para-hydroxylation sites is 1. The number of nitrogens with one attached hydrogen (secondary N) is 1. The molecule has 0 spiro atoms. The van der Waals surface area contributed by atoms with Crippen LogP contribution in [0.1, 0.15) is 18.4 Å². The topological polar surface area (TPSA) is 50.8 Å². The third-order valence-electron chi connectivity index (χ3n) is 4.25. The van der Waals surface area contributed by atoms with Crippen LogP contribution in [-0.2, 0) is 4.79 Å². The summed E-state index contributed by atoms with van der Waals surface area (Å²) in [6.07, 6.45) is 5.26. The Labute approximate surface area is 161 Å². The molecule has 5 nitrogen and oxygen atoms in total. The van der Waals surface area contributed by atoms with Gasteiger partial charge in [0.1, 0.15) is 0 Å². The van der Waals surface area contributed by atoms with E-state index in [1.807, 2.05) is 36.4 Å². The van der Waals surface area contributed by atoms with E-state index in [0.717, 1.165) is 24.9 Å². The Hall–Kier alpha value is -2.95. The molecule has 0 saturated heterocycles. The summed E-state index contributed by atoms with van der Waals surface area (Å²) in [5.41, 5.74) is 2.09.